The minimum atomic E-state index is 1.33. The summed E-state index contributed by atoms with van der Waals surface area (Å²) in [5.74, 6) is 0. The van der Waals surface area contributed by atoms with Crippen LogP contribution in [0.15, 0.2) is 0 Å². The Kier molecular flexibility index (Phi) is 28.2. The topological polar surface area (TPSA) is 0 Å². The van der Waals surface area contributed by atoms with Crippen molar-refractivity contribution in [2.75, 3.05) is 0 Å². The van der Waals surface area contributed by atoms with E-state index in [9.17, 15) is 0 Å². The van der Waals surface area contributed by atoms with Crippen molar-refractivity contribution in [1.82, 2.24) is 0 Å². The molecule has 0 aliphatic carbocycles. The maximum absolute atomic E-state index is 4.52. The molecule has 7 heavy (non-hydrogen) atoms. The standard InChI is InChI=1S/S4.S.2Sb/c1-3-4-2;;;. The molecule has 0 saturated heterocycles. The fraction of sp³-hybridized carbons (Fsp3) is 0. The van der Waals surface area contributed by atoms with Gasteiger partial charge < -0.3 is 0 Å². The Labute approximate surface area is 85.3 Å². The summed E-state index contributed by atoms with van der Waals surface area (Å²) >= 11 is 7.56. The summed E-state index contributed by atoms with van der Waals surface area (Å²) in [4.78, 5) is 0. The average Bonchev–Trinajstić information content (AvgIpc) is 1.75. The fourth-order valence-electron chi connectivity index (χ4n) is 0.0124. The third-order valence-electron chi connectivity index (χ3n) is 0.0582. The molecule has 0 aliphatic heterocycles. The molecule has 0 spiro atoms. The van der Waals surface area contributed by atoms with Gasteiger partial charge in [-0.3, -0.25) is 0 Å². The van der Waals surface area contributed by atoms with E-state index in [1.54, 1.807) is 36.8 Å². The Balaban J connectivity index is 0. The zero-order valence-corrected chi connectivity index (χ0v) is 12.1. The summed E-state index contributed by atoms with van der Waals surface area (Å²) in [6.45, 7) is 1.73. The van der Waals surface area contributed by atoms with E-state index in [1.165, 1.54) is 29.9 Å². The number of rotatable bonds is 0. The van der Waals surface area contributed by atoms with Crippen molar-refractivity contribution in [3.8, 4) is 0 Å². The Morgan fingerprint density at radius 1 is 1.29 bits per heavy atom. The first-order valence-electron chi connectivity index (χ1n) is 0.865. The van der Waals surface area contributed by atoms with E-state index in [1.807, 2.05) is 0 Å². The summed E-state index contributed by atoms with van der Waals surface area (Å²) < 4.78 is 0. The van der Waals surface area contributed by atoms with Crippen LogP contribution in [0.25, 0.3) is 0 Å². The molecule has 0 bridgehead atoms. The van der Waals surface area contributed by atoms with Gasteiger partial charge in [0.05, 0.1) is 0 Å². The van der Waals surface area contributed by atoms with Gasteiger partial charge in [0.1, 0.15) is 0 Å². The van der Waals surface area contributed by atoms with Gasteiger partial charge in [0.25, 0.3) is 0 Å². The minimum absolute atomic E-state index is 1.33. The predicted octanol–water partition coefficient (Wildman–Crippen LogP) is -0.123. The molecule has 0 aromatic heterocycles. The summed E-state index contributed by atoms with van der Waals surface area (Å²) in [5, 5.41) is 0. The summed E-state index contributed by atoms with van der Waals surface area (Å²) in [6.07, 6.45) is 0. The van der Waals surface area contributed by atoms with Crippen LogP contribution < -0.4 is 0 Å². The van der Waals surface area contributed by atoms with Crippen LogP contribution in [0.4, 0.5) is 0 Å². The molecule has 0 saturated carbocycles. The summed E-state index contributed by atoms with van der Waals surface area (Å²) in [6, 6.07) is 0. The van der Waals surface area contributed by atoms with E-state index in [4.69, 9.17) is 0 Å². The predicted molar refractivity (Wildman–Crippen MR) is 48.6 cm³/mol. The molecule has 0 amide bonds. The number of hydrogen-bond donors (Lipinski definition) is 0. The third-order valence-corrected chi connectivity index (χ3v) is 7.76. The van der Waals surface area contributed by atoms with Crippen LogP contribution in [-0.2, 0) is 35.8 Å². The van der Waals surface area contributed by atoms with Gasteiger partial charge in [-0.15, -0.1) is 0 Å². The second-order valence-corrected chi connectivity index (χ2v) is 8.17. The van der Waals surface area contributed by atoms with E-state index in [-0.39, 0.29) is 0 Å². The van der Waals surface area contributed by atoms with E-state index in [2.05, 4.69) is 20.4 Å². The van der Waals surface area contributed by atoms with Gasteiger partial charge in [-0.05, 0) is 0 Å². The monoisotopic (exact) mass is 402 g/mol. The second kappa shape index (κ2) is 15.9. The van der Waals surface area contributed by atoms with Gasteiger partial charge >= 0.3 is 87.1 Å². The first-order valence-corrected chi connectivity index (χ1v) is 11.8. The van der Waals surface area contributed by atoms with Crippen LogP contribution in [0.3, 0.4) is 0 Å². The Morgan fingerprint density at radius 3 is 1.71 bits per heavy atom. The zero-order valence-electron chi connectivity index (χ0n) is 2.94. The number of hydrogen-bond acceptors (Lipinski definition) is 2. The van der Waals surface area contributed by atoms with Gasteiger partial charge in [0.2, 0.25) is 0 Å². The van der Waals surface area contributed by atoms with Crippen LogP contribution in [0.1, 0.15) is 0 Å². The molecule has 2 radical (unpaired) electrons. The molecular weight excluding hydrogens is 404 g/mol. The van der Waals surface area contributed by atoms with Crippen LogP contribution in [0, 0.1) is 0 Å². The van der Waals surface area contributed by atoms with E-state index >= 15 is 0 Å². The molecule has 40 valence electrons. The fourth-order valence-corrected chi connectivity index (χ4v) is 6.75. The molecule has 0 fully saturated rings. The maximum atomic E-state index is 4.52. The molecule has 0 N–H and O–H groups in total. The molecule has 0 unspecified atom stereocenters. The quantitative estimate of drug-likeness (QED) is 0.517. The van der Waals surface area contributed by atoms with Gasteiger partial charge in [0.15, 0.2) is 0 Å². The molecule has 7 heteroatoms. The van der Waals surface area contributed by atoms with Crippen LogP contribution in [-0.4, -0.2) is 42.1 Å². The zero-order chi connectivity index (χ0) is 6.12. The average molecular weight is 404 g/mol. The normalized spacial score (nSPS) is 4.57. The molecule has 0 rings (SSSR count). The Bertz CT molecular complexity index is 109. The van der Waals surface area contributed by atoms with Crippen LogP contribution >= 0.6 is 9.19 Å². The van der Waals surface area contributed by atoms with Crippen molar-refractivity contribution >= 4 is 87.1 Å². The first kappa shape index (κ1) is 12.4. The summed E-state index contributed by atoms with van der Waals surface area (Å²) in [5.41, 5.74) is 0. The van der Waals surface area contributed by atoms with Gasteiger partial charge in [-0.2, -0.15) is 0 Å². The van der Waals surface area contributed by atoms with Crippen molar-refractivity contribution in [3.05, 3.63) is 0 Å². The first-order chi connectivity index (χ1) is 3.41. The Morgan fingerprint density at radius 2 is 1.71 bits per heavy atom. The van der Waals surface area contributed by atoms with E-state index < -0.39 is 0 Å². The third kappa shape index (κ3) is 17.7. The van der Waals surface area contributed by atoms with Gasteiger partial charge in [0, 0.05) is 0 Å². The van der Waals surface area contributed by atoms with Crippen molar-refractivity contribution in [2.45, 2.75) is 0 Å². The molecule has 0 nitrogen and oxygen atoms in total. The van der Waals surface area contributed by atoms with Crippen molar-refractivity contribution < 1.29 is 0 Å². The van der Waals surface area contributed by atoms with Crippen LogP contribution in [0.2, 0.25) is 0 Å². The second-order valence-electron chi connectivity index (χ2n) is 0.211. The Hall–Kier alpha value is 2.74. The molecule has 0 aliphatic rings. The molecular formula is S5Sb2. The summed E-state index contributed by atoms with van der Waals surface area (Å²) in [7, 11) is 7.14. The molecule has 0 aromatic carbocycles. The van der Waals surface area contributed by atoms with Crippen LogP contribution in [0.5, 0.6) is 0 Å². The van der Waals surface area contributed by atoms with E-state index in [0.717, 1.165) is 0 Å². The molecule has 0 atom stereocenters. The van der Waals surface area contributed by atoms with Gasteiger partial charge in [-0.25, -0.2) is 0 Å². The SMILES string of the molecule is S=S=S=[S]=[Sb].[S]=[Sb]. The van der Waals surface area contributed by atoms with Crippen molar-refractivity contribution in [3.63, 3.8) is 0 Å². The van der Waals surface area contributed by atoms with Crippen molar-refractivity contribution in [2.24, 2.45) is 0 Å². The molecule has 0 heterocycles. The van der Waals surface area contributed by atoms with E-state index in [0.29, 0.717) is 0 Å². The molecule has 0 aromatic rings. The van der Waals surface area contributed by atoms with Crippen molar-refractivity contribution in [1.29, 1.82) is 0 Å². The van der Waals surface area contributed by atoms with Gasteiger partial charge in [-0.1, -0.05) is 0 Å².